The Bertz CT molecular complexity index is 961. The number of rotatable bonds is 14. The minimum Gasteiger partial charge on any atom is -0.480 e. The monoisotopic (exact) mass is 489 g/mol. The van der Waals surface area contributed by atoms with Crippen molar-refractivity contribution in [3.63, 3.8) is 0 Å². The number of aliphatic carboxylic acids is 1. The van der Waals surface area contributed by atoms with E-state index in [9.17, 15) is 23.5 Å². The second-order valence-electron chi connectivity index (χ2n) is 8.71. The Morgan fingerprint density at radius 1 is 1.14 bits per heavy atom. The van der Waals surface area contributed by atoms with Crippen molar-refractivity contribution >= 4 is 17.7 Å². The molecule has 0 spiro atoms. The van der Waals surface area contributed by atoms with E-state index in [0.717, 1.165) is 50.2 Å². The molecule has 0 saturated carbocycles. The molecule has 1 amide bonds. The van der Waals surface area contributed by atoms with Crippen LogP contribution in [0.5, 0.6) is 0 Å². The van der Waals surface area contributed by atoms with Crippen LogP contribution in [-0.2, 0) is 17.6 Å². The summed E-state index contributed by atoms with van der Waals surface area (Å²) in [5.74, 6) is -0.736. The Morgan fingerprint density at radius 2 is 1.97 bits per heavy atom. The largest absolute Gasteiger partial charge is 0.480 e. The van der Waals surface area contributed by atoms with Gasteiger partial charge in [0.2, 0.25) is 6.43 Å². The first kappa shape index (κ1) is 26.5. The highest BCUT2D eigenvalue weighted by Crippen LogP contribution is 2.20. The Hall–Kier alpha value is -3.14. The smallest absolute Gasteiger partial charge is 0.326 e. The van der Waals surface area contributed by atoms with E-state index in [1.165, 1.54) is 18.0 Å². The fourth-order valence-electron chi connectivity index (χ4n) is 4.07. The van der Waals surface area contributed by atoms with Crippen LogP contribution in [0.1, 0.15) is 53.7 Å². The molecule has 0 aliphatic carbocycles. The molecular formula is C25H33F2N5O3. The molecule has 0 fully saturated rings. The lowest BCUT2D eigenvalue weighted by molar-refractivity contribution is -0.139. The maximum Gasteiger partial charge on any atom is 0.326 e. The standard InChI is InChI=1S/C25H33F2N5O3/c26-22(27)11-16-32(14-2-1-7-20-9-8-18-5-4-13-29-23(18)30-20)15-10-21(25(34)35)31-24(33)19-6-3-12-28-17-19/h3,6,8-9,12,17,21-22H,1-2,4-5,7,10-11,13-16H2,(H,29,30)(H,31,33)(H,34,35)/t21-/m0/s1. The molecule has 1 aliphatic heterocycles. The van der Waals surface area contributed by atoms with Crippen LogP contribution in [0.2, 0.25) is 0 Å². The number of hydrogen-bond donors (Lipinski definition) is 3. The Labute approximate surface area is 204 Å². The molecule has 35 heavy (non-hydrogen) atoms. The number of carboxylic acids is 1. The van der Waals surface area contributed by atoms with Gasteiger partial charge in [0, 0.05) is 44.1 Å². The number of carbonyl (C=O) groups is 2. The molecule has 0 saturated heterocycles. The zero-order valence-corrected chi connectivity index (χ0v) is 19.8. The SMILES string of the molecule is O=C(N[C@@H](CCN(CCCCc1ccc2c(n1)NCCC2)CCC(F)F)C(=O)O)c1cccnc1. The van der Waals surface area contributed by atoms with E-state index >= 15 is 0 Å². The van der Waals surface area contributed by atoms with Crippen molar-refractivity contribution in [2.24, 2.45) is 0 Å². The van der Waals surface area contributed by atoms with Gasteiger partial charge >= 0.3 is 5.97 Å². The molecule has 1 aliphatic rings. The summed E-state index contributed by atoms with van der Waals surface area (Å²) in [4.78, 5) is 34.4. The lowest BCUT2D eigenvalue weighted by Gasteiger charge is -2.24. The molecule has 0 bridgehead atoms. The molecule has 0 radical (unpaired) electrons. The van der Waals surface area contributed by atoms with Crippen LogP contribution < -0.4 is 10.6 Å². The first-order valence-electron chi connectivity index (χ1n) is 12.1. The topological polar surface area (TPSA) is 107 Å². The number of pyridine rings is 2. The van der Waals surface area contributed by atoms with Gasteiger partial charge in [-0.05, 0) is 68.8 Å². The minimum absolute atomic E-state index is 0.114. The Balaban J connectivity index is 1.48. The zero-order chi connectivity index (χ0) is 25.0. The predicted molar refractivity (Wildman–Crippen MR) is 129 cm³/mol. The number of nitrogens with zero attached hydrogens (tertiary/aromatic N) is 3. The van der Waals surface area contributed by atoms with Crippen LogP contribution in [0.15, 0.2) is 36.7 Å². The van der Waals surface area contributed by atoms with Crippen molar-refractivity contribution in [1.82, 2.24) is 20.2 Å². The molecule has 0 unspecified atom stereocenters. The second kappa shape index (κ2) is 13.7. The molecule has 3 rings (SSSR count). The molecule has 1 atom stereocenters. The molecule has 10 heteroatoms. The van der Waals surface area contributed by atoms with Crippen LogP contribution in [0.25, 0.3) is 0 Å². The van der Waals surface area contributed by atoms with Gasteiger partial charge in [-0.2, -0.15) is 0 Å². The molecule has 3 heterocycles. The number of fused-ring (bicyclic) bond motifs is 1. The van der Waals surface area contributed by atoms with Gasteiger partial charge < -0.3 is 20.6 Å². The Morgan fingerprint density at radius 3 is 2.71 bits per heavy atom. The summed E-state index contributed by atoms with van der Waals surface area (Å²) >= 11 is 0. The quantitative estimate of drug-likeness (QED) is 0.349. The van der Waals surface area contributed by atoms with Gasteiger partial charge in [0.05, 0.1) is 5.56 Å². The molecule has 3 N–H and O–H groups in total. The number of aromatic nitrogens is 2. The zero-order valence-electron chi connectivity index (χ0n) is 19.8. The summed E-state index contributed by atoms with van der Waals surface area (Å²) < 4.78 is 25.7. The highest BCUT2D eigenvalue weighted by molar-refractivity contribution is 5.96. The molecule has 2 aromatic rings. The van der Waals surface area contributed by atoms with E-state index in [2.05, 4.69) is 26.7 Å². The van der Waals surface area contributed by atoms with Crippen molar-refractivity contribution < 1.29 is 23.5 Å². The average molecular weight is 490 g/mol. The summed E-state index contributed by atoms with van der Waals surface area (Å²) in [5.41, 5.74) is 2.50. The van der Waals surface area contributed by atoms with Crippen molar-refractivity contribution in [1.29, 1.82) is 0 Å². The van der Waals surface area contributed by atoms with E-state index in [0.29, 0.717) is 6.54 Å². The van der Waals surface area contributed by atoms with Crippen LogP contribution in [-0.4, -0.2) is 70.5 Å². The summed E-state index contributed by atoms with van der Waals surface area (Å²) in [6.45, 7) is 1.96. The normalized spacial score (nSPS) is 13.8. The lowest BCUT2D eigenvalue weighted by atomic mass is 10.1. The summed E-state index contributed by atoms with van der Waals surface area (Å²) in [6, 6.07) is 6.17. The van der Waals surface area contributed by atoms with E-state index in [1.807, 2.05) is 11.0 Å². The number of nitrogens with one attached hydrogen (secondary N) is 2. The molecular weight excluding hydrogens is 456 g/mol. The number of hydrogen-bond acceptors (Lipinski definition) is 6. The van der Waals surface area contributed by atoms with Crippen LogP contribution in [0.4, 0.5) is 14.6 Å². The maximum atomic E-state index is 12.8. The summed E-state index contributed by atoms with van der Waals surface area (Å²) in [7, 11) is 0. The third kappa shape index (κ3) is 8.86. The third-order valence-electron chi connectivity index (χ3n) is 6.03. The van der Waals surface area contributed by atoms with Crippen molar-refractivity contribution in [2.75, 3.05) is 31.5 Å². The summed E-state index contributed by atoms with van der Waals surface area (Å²) in [5, 5.41) is 15.4. The van der Waals surface area contributed by atoms with Crippen LogP contribution in [0.3, 0.4) is 0 Å². The Kier molecular flexibility index (Phi) is 10.3. The van der Waals surface area contributed by atoms with E-state index < -0.39 is 24.3 Å². The van der Waals surface area contributed by atoms with Gasteiger partial charge in [0.15, 0.2) is 0 Å². The fourth-order valence-corrected chi connectivity index (χ4v) is 4.07. The van der Waals surface area contributed by atoms with E-state index in [4.69, 9.17) is 0 Å². The van der Waals surface area contributed by atoms with Gasteiger partial charge in [-0.3, -0.25) is 9.78 Å². The van der Waals surface area contributed by atoms with Gasteiger partial charge in [0.1, 0.15) is 11.9 Å². The number of halogens is 2. The van der Waals surface area contributed by atoms with Gasteiger partial charge in [-0.25, -0.2) is 18.6 Å². The van der Waals surface area contributed by atoms with E-state index in [1.54, 1.807) is 12.1 Å². The average Bonchev–Trinajstić information content (AvgIpc) is 2.86. The van der Waals surface area contributed by atoms with Gasteiger partial charge in [0.25, 0.3) is 5.91 Å². The van der Waals surface area contributed by atoms with Crippen molar-refractivity contribution in [3.05, 3.63) is 53.5 Å². The van der Waals surface area contributed by atoms with Crippen molar-refractivity contribution in [2.45, 2.75) is 57.4 Å². The van der Waals surface area contributed by atoms with Gasteiger partial charge in [-0.1, -0.05) is 6.07 Å². The second-order valence-corrected chi connectivity index (χ2v) is 8.71. The number of carbonyl (C=O) groups excluding carboxylic acids is 1. The third-order valence-corrected chi connectivity index (χ3v) is 6.03. The molecule has 2 aromatic heterocycles. The van der Waals surface area contributed by atoms with Gasteiger partial charge in [-0.15, -0.1) is 0 Å². The highest BCUT2D eigenvalue weighted by Gasteiger charge is 2.22. The number of unbranched alkanes of at least 4 members (excludes halogenated alkanes) is 1. The molecule has 8 nitrogen and oxygen atoms in total. The van der Waals surface area contributed by atoms with Crippen molar-refractivity contribution in [3.8, 4) is 0 Å². The number of amides is 1. The lowest BCUT2D eigenvalue weighted by Crippen LogP contribution is -2.43. The number of anilines is 1. The molecule has 190 valence electrons. The first-order valence-corrected chi connectivity index (χ1v) is 12.1. The minimum atomic E-state index is -2.43. The fraction of sp³-hybridized carbons (Fsp3) is 0.520. The van der Waals surface area contributed by atoms with Crippen LogP contribution >= 0.6 is 0 Å². The number of aryl methyl sites for hydroxylation is 2. The van der Waals surface area contributed by atoms with E-state index in [-0.39, 0.29) is 31.5 Å². The highest BCUT2D eigenvalue weighted by atomic mass is 19.3. The predicted octanol–water partition coefficient (Wildman–Crippen LogP) is 3.39. The molecule has 0 aromatic carbocycles. The number of alkyl halides is 2. The summed E-state index contributed by atoms with van der Waals surface area (Å²) in [6.07, 6.45) is 4.84. The first-order chi connectivity index (χ1) is 16.9. The van der Waals surface area contributed by atoms with Crippen LogP contribution in [0, 0.1) is 0 Å². The number of carboxylic acid groups (broad SMARTS) is 1. The maximum absolute atomic E-state index is 12.8.